The summed E-state index contributed by atoms with van der Waals surface area (Å²) in [6.45, 7) is 1.97. The van der Waals surface area contributed by atoms with Gasteiger partial charge in [0.25, 0.3) is 0 Å². The second-order valence-electron chi connectivity index (χ2n) is 5.03. The van der Waals surface area contributed by atoms with Crippen LogP contribution in [0.4, 0.5) is 0 Å². The van der Waals surface area contributed by atoms with Crippen LogP contribution >= 0.6 is 0 Å². The zero-order valence-corrected chi connectivity index (χ0v) is 9.08. The highest BCUT2D eigenvalue weighted by Gasteiger charge is 2.25. The Hall–Kier alpha value is -0.0800. The molecule has 1 heterocycles. The summed E-state index contributed by atoms with van der Waals surface area (Å²) in [5.41, 5.74) is 6.22. The molecular weight excluding hydrogens is 174 g/mol. The molecule has 0 aromatic carbocycles. The van der Waals surface area contributed by atoms with Gasteiger partial charge in [0.05, 0.1) is 0 Å². The van der Waals surface area contributed by atoms with E-state index in [-0.39, 0.29) is 0 Å². The Bertz CT molecular complexity index is 166. The molecule has 1 saturated carbocycles. The second-order valence-corrected chi connectivity index (χ2v) is 5.03. The van der Waals surface area contributed by atoms with Gasteiger partial charge >= 0.3 is 0 Å². The van der Waals surface area contributed by atoms with E-state index in [0.29, 0.717) is 6.04 Å². The van der Waals surface area contributed by atoms with Crippen LogP contribution in [0, 0.1) is 11.8 Å². The van der Waals surface area contributed by atoms with E-state index in [4.69, 9.17) is 10.5 Å². The number of nitrogens with two attached hydrogens (primary N) is 1. The lowest BCUT2D eigenvalue weighted by Gasteiger charge is -2.23. The smallest absolute Gasteiger partial charge is 0.0495 e. The first-order valence-electron chi connectivity index (χ1n) is 6.19. The van der Waals surface area contributed by atoms with Crippen LogP contribution in [0.5, 0.6) is 0 Å². The molecule has 0 radical (unpaired) electrons. The first-order chi connectivity index (χ1) is 6.86. The maximum Gasteiger partial charge on any atom is 0.0495 e. The van der Waals surface area contributed by atoms with Gasteiger partial charge in [0, 0.05) is 19.3 Å². The van der Waals surface area contributed by atoms with Crippen molar-refractivity contribution in [2.45, 2.75) is 51.0 Å². The average molecular weight is 197 g/mol. The minimum atomic E-state index is 0.470. The van der Waals surface area contributed by atoms with Gasteiger partial charge in [-0.1, -0.05) is 19.3 Å². The van der Waals surface area contributed by atoms with Gasteiger partial charge in [-0.3, -0.25) is 0 Å². The first-order valence-corrected chi connectivity index (χ1v) is 6.19. The summed E-state index contributed by atoms with van der Waals surface area (Å²) < 4.78 is 5.42. The molecule has 1 aliphatic heterocycles. The lowest BCUT2D eigenvalue weighted by molar-refractivity contribution is 0.177. The summed E-state index contributed by atoms with van der Waals surface area (Å²) in [7, 11) is 0. The normalized spacial score (nSPS) is 39.6. The fourth-order valence-electron chi connectivity index (χ4n) is 2.90. The molecule has 2 fully saturated rings. The van der Waals surface area contributed by atoms with E-state index < -0.39 is 0 Å². The van der Waals surface area contributed by atoms with Crippen molar-refractivity contribution in [3.63, 3.8) is 0 Å². The Morgan fingerprint density at radius 3 is 2.71 bits per heavy atom. The van der Waals surface area contributed by atoms with Crippen molar-refractivity contribution < 1.29 is 4.74 Å². The third-order valence-electron chi connectivity index (χ3n) is 3.88. The Morgan fingerprint density at radius 2 is 1.93 bits per heavy atom. The minimum Gasteiger partial charge on any atom is -0.381 e. The Labute approximate surface area is 87.2 Å². The van der Waals surface area contributed by atoms with E-state index in [2.05, 4.69) is 0 Å². The van der Waals surface area contributed by atoms with Gasteiger partial charge in [-0.05, 0) is 37.5 Å². The number of rotatable bonds is 2. The molecule has 2 rings (SSSR count). The maximum atomic E-state index is 6.22. The number of ether oxygens (including phenoxy) is 1. The van der Waals surface area contributed by atoms with E-state index in [9.17, 15) is 0 Å². The Balaban J connectivity index is 1.81. The van der Waals surface area contributed by atoms with Crippen molar-refractivity contribution in [1.82, 2.24) is 0 Å². The fraction of sp³-hybridized carbons (Fsp3) is 1.00. The van der Waals surface area contributed by atoms with Crippen LogP contribution in [0.25, 0.3) is 0 Å². The van der Waals surface area contributed by atoms with E-state index in [1.165, 1.54) is 44.9 Å². The molecule has 2 N–H and O–H groups in total. The van der Waals surface area contributed by atoms with Crippen LogP contribution in [0.2, 0.25) is 0 Å². The molecule has 3 unspecified atom stereocenters. The molecule has 3 atom stereocenters. The topological polar surface area (TPSA) is 35.2 Å². The van der Waals surface area contributed by atoms with Crippen molar-refractivity contribution in [2.75, 3.05) is 13.2 Å². The van der Waals surface area contributed by atoms with Gasteiger partial charge in [-0.2, -0.15) is 0 Å². The standard InChI is InChI=1S/C12H23NO/c13-12-5-3-1-2-4-11(12)8-10-6-7-14-9-10/h10-12H,1-9,13H2. The molecule has 14 heavy (non-hydrogen) atoms. The fourth-order valence-corrected chi connectivity index (χ4v) is 2.90. The van der Waals surface area contributed by atoms with E-state index in [1.54, 1.807) is 0 Å². The van der Waals surface area contributed by atoms with Crippen LogP contribution in [0.1, 0.15) is 44.9 Å². The summed E-state index contributed by atoms with van der Waals surface area (Å²) in [6.07, 6.45) is 9.33. The van der Waals surface area contributed by atoms with Crippen LogP contribution in [0.3, 0.4) is 0 Å². The molecule has 2 aliphatic rings. The van der Waals surface area contributed by atoms with E-state index in [0.717, 1.165) is 25.0 Å². The third kappa shape index (κ3) is 2.71. The SMILES string of the molecule is NC1CCCCCC1CC1CCOC1. The van der Waals surface area contributed by atoms with Crippen molar-refractivity contribution in [3.8, 4) is 0 Å². The maximum absolute atomic E-state index is 6.22. The van der Waals surface area contributed by atoms with Crippen molar-refractivity contribution in [2.24, 2.45) is 17.6 Å². The van der Waals surface area contributed by atoms with Gasteiger partial charge < -0.3 is 10.5 Å². The Kier molecular flexibility index (Phi) is 3.82. The predicted octanol–water partition coefficient (Wildman–Crippen LogP) is 2.32. The number of hydrogen-bond donors (Lipinski definition) is 1. The predicted molar refractivity (Wildman–Crippen MR) is 58.1 cm³/mol. The van der Waals surface area contributed by atoms with Gasteiger partial charge in [-0.15, -0.1) is 0 Å². The largest absolute Gasteiger partial charge is 0.381 e. The minimum absolute atomic E-state index is 0.470. The van der Waals surface area contributed by atoms with Gasteiger partial charge in [-0.25, -0.2) is 0 Å². The molecule has 2 heteroatoms. The second kappa shape index (κ2) is 5.13. The highest BCUT2D eigenvalue weighted by Crippen LogP contribution is 2.30. The average Bonchev–Trinajstić information content (AvgIpc) is 2.60. The molecule has 82 valence electrons. The van der Waals surface area contributed by atoms with E-state index in [1.807, 2.05) is 0 Å². The molecule has 1 saturated heterocycles. The lowest BCUT2D eigenvalue weighted by atomic mass is 9.86. The summed E-state index contributed by atoms with van der Waals surface area (Å²) in [6, 6.07) is 0.470. The third-order valence-corrected chi connectivity index (χ3v) is 3.88. The molecule has 0 aromatic rings. The molecule has 0 aromatic heterocycles. The monoisotopic (exact) mass is 197 g/mol. The highest BCUT2D eigenvalue weighted by molar-refractivity contribution is 4.79. The highest BCUT2D eigenvalue weighted by atomic mass is 16.5. The molecule has 0 bridgehead atoms. The van der Waals surface area contributed by atoms with Crippen LogP contribution < -0.4 is 5.73 Å². The summed E-state index contributed by atoms with van der Waals surface area (Å²) in [5.74, 6) is 1.59. The van der Waals surface area contributed by atoms with Crippen molar-refractivity contribution in [3.05, 3.63) is 0 Å². The lowest BCUT2D eigenvalue weighted by Crippen LogP contribution is -2.30. The number of hydrogen-bond acceptors (Lipinski definition) is 2. The molecule has 0 spiro atoms. The first kappa shape index (κ1) is 10.4. The Morgan fingerprint density at radius 1 is 1.07 bits per heavy atom. The van der Waals surface area contributed by atoms with Crippen LogP contribution in [-0.4, -0.2) is 19.3 Å². The van der Waals surface area contributed by atoms with Crippen molar-refractivity contribution >= 4 is 0 Å². The molecule has 0 amide bonds. The van der Waals surface area contributed by atoms with Gasteiger partial charge in [0.2, 0.25) is 0 Å². The zero-order chi connectivity index (χ0) is 9.80. The molecule has 1 aliphatic carbocycles. The van der Waals surface area contributed by atoms with Gasteiger partial charge in [0.15, 0.2) is 0 Å². The van der Waals surface area contributed by atoms with Crippen LogP contribution in [0.15, 0.2) is 0 Å². The summed E-state index contributed by atoms with van der Waals surface area (Å²) in [5, 5.41) is 0. The van der Waals surface area contributed by atoms with Crippen LogP contribution in [-0.2, 0) is 4.74 Å². The zero-order valence-electron chi connectivity index (χ0n) is 9.08. The van der Waals surface area contributed by atoms with Crippen molar-refractivity contribution in [1.29, 1.82) is 0 Å². The molecule has 2 nitrogen and oxygen atoms in total. The summed E-state index contributed by atoms with van der Waals surface area (Å²) in [4.78, 5) is 0. The van der Waals surface area contributed by atoms with E-state index >= 15 is 0 Å². The quantitative estimate of drug-likeness (QED) is 0.689. The van der Waals surface area contributed by atoms with Gasteiger partial charge in [0.1, 0.15) is 0 Å². The summed E-state index contributed by atoms with van der Waals surface area (Å²) >= 11 is 0. The molecular formula is C12H23NO.